The molecule has 27 heavy (non-hydrogen) atoms. The highest BCUT2D eigenvalue weighted by Gasteiger charge is 2.51. The van der Waals surface area contributed by atoms with E-state index in [0.717, 1.165) is 11.3 Å². The zero-order valence-electron chi connectivity index (χ0n) is 16.6. The van der Waals surface area contributed by atoms with E-state index in [9.17, 15) is 4.79 Å². The Kier molecular flexibility index (Phi) is 4.12. The van der Waals surface area contributed by atoms with Crippen molar-refractivity contribution in [2.24, 2.45) is 4.99 Å². The number of ether oxygens (including phenoxy) is 2. The minimum absolute atomic E-state index is 0.0129. The van der Waals surface area contributed by atoms with Crippen molar-refractivity contribution in [1.29, 1.82) is 0 Å². The number of aliphatic imine (C=N–C) groups is 1. The number of hydrogen-bond acceptors (Lipinski definition) is 5. The van der Waals surface area contributed by atoms with Crippen LogP contribution in [0.4, 0.5) is 0 Å². The first-order chi connectivity index (χ1) is 12.6. The first-order valence-corrected chi connectivity index (χ1v) is 12.4. The summed E-state index contributed by atoms with van der Waals surface area (Å²) in [4.78, 5) is 17.4. The van der Waals surface area contributed by atoms with Crippen LogP contribution in [-0.2, 0) is 14.6 Å². The van der Waals surface area contributed by atoms with Gasteiger partial charge in [-0.1, -0.05) is 39.0 Å². The molecular formula is C21H27NO4Si. The number of Topliss-reactive ketones (excluding diaryl/α,β-unsaturated/α-hetero) is 1. The molecule has 0 N–H and O–H groups in total. The lowest BCUT2D eigenvalue weighted by Gasteiger charge is -2.42. The third-order valence-electron chi connectivity index (χ3n) is 6.44. The van der Waals surface area contributed by atoms with Crippen LogP contribution < -0.4 is 9.47 Å². The summed E-state index contributed by atoms with van der Waals surface area (Å²) in [5, 5.41) is 0.140. The van der Waals surface area contributed by atoms with E-state index in [1.165, 1.54) is 6.21 Å². The second kappa shape index (κ2) is 6.04. The van der Waals surface area contributed by atoms with Crippen LogP contribution >= 0.6 is 0 Å². The predicted molar refractivity (Wildman–Crippen MR) is 107 cm³/mol. The molecule has 5 nitrogen and oxygen atoms in total. The zero-order valence-corrected chi connectivity index (χ0v) is 17.6. The molecule has 2 aliphatic heterocycles. The number of ketones is 1. The summed E-state index contributed by atoms with van der Waals surface area (Å²) in [5.41, 5.74) is 0.148. The Morgan fingerprint density at radius 3 is 2.70 bits per heavy atom. The third-order valence-corrected chi connectivity index (χ3v) is 10.9. The molecule has 4 rings (SSSR count). The smallest absolute Gasteiger partial charge is 0.231 e. The van der Waals surface area contributed by atoms with Gasteiger partial charge in [-0.15, -0.1) is 0 Å². The molecule has 0 saturated carbocycles. The van der Waals surface area contributed by atoms with E-state index < -0.39 is 13.7 Å². The van der Waals surface area contributed by atoms with Gasteiger partial charge in [0, 0.05) is 0 Å². The first-order valence-electron chi connectivity index (χ1n) is 9.48. The van der Waals surface area contributed by atoms with Crippen molar-refractivity contribution in [1.82, 2.24) is 0 Å². The van der Waals surface area contributed by atoms with Gasteiger partial charge in [-0.2, -0.15) is 0 Å². The summed E-state index contributed by atoms with van der Waals surface area (Å²) in [5.74, 6) is 1.43. The number of hydrogen-bond donors (Lipinski definition) is 0. The minimum Gasteiger partial charge on any atom is -0.454 e. The Morgan fingerprint density at radius 1 is 1.22 bits per heavy atom. The van der Waals surface area contributed by atoms with E-state index in [2.05, 4.69) is 44.9 Å². The molecule has 1 aromatic carbocycles. The van der Waals surface area contributed by atoms with E-state index in [1.54, 1.807) is 0 Å². The van der Waals surface area contributed by atoms with E-state index in [-0.39, 0.29) is 29.8 Å². The van der Waals surface area contributed by atoms with Crippen molar-refractivity contribution in [2.75, 3.05) is 6.79 Å². The van der Waals surface area contributed by atoms with Gasteiger partial charge in [0.2, 0.25) is 6.79 Å². The minimum atomic E-state index is -1.90. The highest BCUT2D eigenvalue weighted by Crippen LogP contribution is 2.46. The van der Waals surface area contributed by atoms with Crippen LogP contribution in [0.5, 0.6) is 11.5 Å². The van der Waals surface area contributed by atoms with Gasteiger partial charge in [-0.25, -0.2) is 0 Å². The molecule has 0 unspecified atom stereocenters. The maximum Gasteiger partial charge on any atom is 0.231 e. The number of carbonyl (C=O) groups excluding carboxylic acids is 1. The Balaban J connectivity index is 1.66. The van der Waals surface area contributed by atoms with E-state index in [1.807, 2.05) is 24.3 Å². The molecule has 1 aromatic rings. The van der Waals surface area contributed by atoms with Gasteiger partial charge >= 0.3 is 0 Å². The van der Waals surface area contributed by atoms with Gasteiger partial charge in [-0.05, 0) is 42.2 Å². The van der Waals surface area contributed by atoms with Crippen LogP contribution in [0.1, 0.15) is 32.8 Å². The van der Waals surface area contributed by atoms with Crippen molar-refractivity contribution >= 4 is 20.3 Å². The first kappa shape index (κ1) is 18.4. The number of nitrogens with zero attached hydrogens (tertiary/aromatic N) is 1. The fourth-order valence-corrected chi connectivity index (χ4v) is 5.06. The summed E-state index contributed by atoms with van der Waals surface area (Å²) in [7, 11) is -1.90. The van der Waals surface area contributed by atoms with Crippen molar-refractivity contribution < 1.29 is 18.7 Å². The number of benzene rings is 1. The molecule has 0 amide bonds. The summed E-state index contributed by atoms with van der Waals surface area (Å²) in [6.45, 7) is 11.4. The maximum atomic E-state index is 12.9. The van der Waals surface area contributed by atoms with Gasteiger partial charge in [0.25, 0.3) is 0 Å². The van der Waals surface area contributed by atoms with Crippen LogP contribution in [0.15, 0.2) is 35.3 Å². The Labute approximate surface area is 161 Å². The monoisotopic (exact) mass is 385 g/mol. The van der Waals surface area contributed by atoms with Gasteiger partial charge in [-0.3, -0.25) is 9.79 Å². The molecule has 2 heterocycles. The lowest BCUT2D eigenvalue weighted by atomic mass is 9.68. The van der Waals surface area contributed by atoms with Crippen LogP contribution in [0.2, 0.25) is 18.1 Å². The van der Waals surface area contributed by atoms with Crippen molar-refractivity contribution in [3.63, 3.8) is 0 Å². The van der Waals surface area contributed by atoms with Gasteiger partial charge in [0.1, 0.15) is 5.41 Å². The van der Waals surface area contributed by atoms with Gasteiger partial charge in [0.15, 0.2) is 25.6 Å². The van der Waals surface area contributed by atoms with Crippen molar-refractivity contribution in [3.05, 3.63) is 35.9 Å². The molecular weight excluding hydrogens is 358 g/mol. The number of fused-ring (bicyclic) bond motifs is 2. The quantitative estimate of drug-likeness (QED) is 0.582. The molecule has 0 radical (unpaired) electrons. The second-order valence-corrected chi connectivity index (χ2v) is 13.9. The van der Waals surface area contributed by atoms with Crippen LogP contribution in [0.3, 0.4) is 0 Å². The lowest BCUT2D eigenvalue weighted by Crippen LogP contribution is -2.49. The summed E-state index contributed by atoms with van der Waals surface area (Å²) >= 11 is 0. The Hall–Kier alpha value is -1.92. The van der Waals surface area contributed by atoms with Crippen LogP contribution in [-0.4, -0.2) is 39.3 Å². The van der Waals surface area contributed by atoms with E-state index >= 15 is 0 Å². The molecule has 0 spiro atoms. The molecule has 0 bridgehead atoms. The highest BCUT2D eigenvalue weighted by molar-refractivity contribution is 6.74. The second-order valence-electron chi connectivity index (χ2n) is 9.11. The topological polar surface area (TPSA) is 57.1 Å². The standard InChI is InChI=1S/C21H27NO4Si/c1-20(2,3)27(4,5)26-15-8-9-21(18(11-15)22-12-19(21)23)14-6-7-16-17(10-14)25-13-24-16/h6-10,12,15,18H,11,13H2,1-5H3/t15-,18-,21-/m1/s1. The van der Waals surface area contributed by atoms with Gasteiger partial charge < -0.3 is 13.9 Å². The highest BCUT2D eigenvalue weighted by atomic mass is 28.4. The fraction of sp³-hybridized carbons (Fsp3) is 0.524. The predicted octanol–water partition coefficient (Wildman–Crippen LogP) is 4.03. The normalized spacial score (nSPS) is 29.3. The Bertz CT molecular complexity index is 839. The number of rotatable bonds is 3. The van der Waals surface area contributed by atoms with E-state index in [4.69, 9.17) is 13.9 Å². The molecule has 3 aliphatic rings. The third kappa shape index (κ3) is 2.86. The zero-order chi connectivity index (χ0) is 19.4. The average molecular weight is 386 g/mol. The largest absolute Gasteiger partial charge is 0.454 e. The van der Waals surface area contributed by atoms with Crippen molar-refractivity contribution in [2.45, 2.75) is 62.9 Å². The van der Waals surface area contributed by atoms with Gasteiger partial charge in [0.05, 0.1) is 18.4 Å². The fourth-order valence-electron chi connectivity index (χ4n) is 3.77. The summed E-state index contributed by atoms with van der Waals surface area (Å²) in [6, 6.07) is 5.60. The molecule has 6 heteroatoms. The molecule has 0 fully saturated rings. The molecule has 3 atom stereocenters. The Morgan fingerprint density at radius 2 is 1.96 bits per heavy atom. The maximum absolute atomic E-state index is 12.9. The number of carbonyl (C=O) groups is 1. The van der Waals surface area contributed by atoms with E-state index in [0.29, 0.717) is 12.2 Å². The molecule has 0 aromatic heterocycles. The molecule has 1 aliphatic carbocycles. The summed E-state index contributed by atoms with van der Waals surface area (Å²) in [6.07, 6.45) is 6.25. The SMILES string of the molecule is CC(C)(C)[Si](C)(C)O[C@@H]1C=C[C@]2(c3ccc4c(c3)OCO4)C(=O)C=N[C@@H]2C1. The molecule has 144 valence electrons. The van der Waals surface area contributed by atoms with Crippen LogP contribution in [0.25, 0.3) is 0 Å². The van der Waals surface area contributed by atoms with Crippen molar-refractivity contribution in [3.8, 4) is 11.5 Å². The van der Waals surface area contributed by atoms with Crippen LogP contribution in [0, 0.1) is 0 Å². The molecule has 0 saturated heterocycles. The lowest BCUT2D eigenvalue weighted by molar-refractivity contribution is -0.116. The summed E-state index contributed by atoms with van der Waals surface area (Å²) < 4.78 is 17.5. The average Bonchev–Trinajstić information content (AvgIpc) is 3.18.